The second kappa shape index (κ2) is 8.32. The maximum absolute atomic E-state index is 13.2. The molecule has 1 heterocycles. The zero-order chi connectivity index (χ0) is 23.9. The van der Waals surface area contributed by atoms with E-state index < -0.39 is 10.0 Å². The molecule has 9 heteroatoms. The fourth-order valence-electron chi connectivity index (χ4n) is 3.55. The van der Waals surface area contributed by atoms with E-state index in [9.17, 15) is 13.2 Å². The molecule has 4 rings (SSSR count). The van der Waals surface area contributed by atoms with Crippen LogP contribution in [0.15, 0.2) is 64.3 Å². The van der Waals surface area contributed by atoms with Crippen molar-refractivity contribution in [1.29, 1.82) is 0 Å². The molecule has 0 aliphatic rings. The van der Waals surface area contributed by atoms with E-state index in [1.165, 1.54) is 9.13 Å². The van der Waals surface area contributed by atoms with Crippen molar-refractivity contribution in [3.63, 3.8) is 0 Å². The topological polar surface area (TPSA) is 91.6 Å². The Kier molecular flexibility index (Phi) is 5.67. The molecule has 0 aliphatic carbocycles. The van der Waals surface area contributed by atoms with Crippen LogP contribution in [0.3, 0.4) is 0 Å². The summed E-state index contributed by atoms with van der Waals surface area (Å²) >= 11 is 0. The first-order valence-corrected chi connectivity index (χ1v) is 11.7. The number of aryl methyl sites for hydroxylation is 4. The Bertz CT molecular complexity index is 1520. The van der Waals surface area contributed by atoms with Gasteiger partial charge in [0, 0.05) is 20.2 Å². The Hall–Kier alpha value is -3.72. The van der Waals surface area contributed by atoms with E-state index in [1.54, 1.807) is 75.8 Å². The highest BCUT2D eigenvalue weighted by atomic mass is 32.2. The summed E-state index contributed by atoms with van der Waals surface area (Å²) < 4.78 is 43.2. The van der Waals surface area contributed by atoms with Gasteiger partial charge in [-0.1, -0.05) is 6.07 Å². The summed E-state index contributed by atoms with van der Waals surface area (Å²) in [5.74, 6) is 1.42. The van der Waals surface area contributed by atoms with Crippen LogP contribution in [0.2, 0.25) is 0 Å². The van der Waals surface area contributed by atoms with Crippen molar-refractivity contribution in [3.05, 3.63) is 76.2 Å². The van der Waals surface area contributed by atoms with Gasteiger partial charge in [0.15, 0.2) is 5.75 Å². The Morgan fingerprint density at radius 1 is 0.818 bits per heavy atom. The summed E-state index contributed by atoms with van der Waals surface area (Å²) in [4.78, 5) is 12.6. The molecule has 1 aromatic heterocycles. The number of sulfonamides is 1. The lowest BCUT2D eigenvalue weighted by molar-refractivity contribution is 0.413. The van der Waals surface area contributed by atoms with Crippen molar-refractivity contribution in [2.45, 2.75) is 18.7 Å². The molecule has 0 fully saturated rings. The van der Waals surface area contributed by atoms with Crippen molar-refractivity contribution < 1.29 is 17.9 Å². The second-order valence-electron chi connectivity index (χ2n) is 7.87. The highest BCUT2D eigenvalue weighted by molar-refractivity contribution is 7.92. The van der Waals surface area contributed by atoms with Crippen LogP contribution in [0.25, 0.3) is 11.0 Å². The van der Waals surface area contributed by atoms with Crippen LogP contribution in [0.5, 0.6) is 17.2 Å². The number of hydrogen-bond acceptors (Lipinski definition) is 5. The van der Waals surface area contributed by atoms with E-state index >= 15 is 0 Å². The molecule has 3 aromatic carbocycles. The molecule has 1 N–H and O–H groups in total. The molecule has 0 amide bonds. The maximum atomic E-state index is 13.2. The first-order chi connectivity index (χ1) is 15.6. The molecule has 33 heavy (non-hydrogen) atoms. The van der Waals surface area contributed by atoms with Crippen LogP contribution >= 0.6 is 0 Å². The van der Waals surface area contributed by atoms with Crippen LogP contribution in [0.1, 0.15) is 11.1 Å². The van der Waals surface area contributed by atoms with Gasteiger partial charge in [0.2, 0.25) is 0 Å². The SMILES string of the molecule is COc1ccc(Oc2cc3c(cc2NS(=O)(=O)c2ccc(C)c(C)c2)n(C)c(=O)n3C)cc1. The van der Waals surface area contributed by atoms with Crippen molar-refractivity contribution in [3.8, 4) is 17.2 Å². The predicted octanol–water partition coefficient (Wildman–Crippen LogP) is 4.10. The van der Waals surface area contributed by atoms with E-state index in [0.717, 1.165) is 11.1 Å². The lowest BCUT2D eigenvalue weighted by atomic mass is 10.1. The average molecular weight is 468 g/mol. The summed E-state index contributed by atoms with van der Waals surface area (Å²) in [6.45, 7) is 3.78. The van der Waals surface area contributed by atoms with Crippen LogP contribution in [-0.4, -0.2) is 24.7 Å². The van der Waals surface area contributed by atoms with Gasteiger partial charge in [0.25, 0.3) is 10.0 Å². The van der Waals surface area contributed by atoms with Gasteiger partial charge in [0.05, 0.1) is 28.7 Å². The average Bonchev–Trinajstić information content (AvgIpc) is 2.99. The molecular weight excluding hydrogens is 442 g/mol. The van der Waals surface area contributed by atoms with Gasteiger partial charge in [-0.15, -0.1) is 0 Å². The number of aromatic nitrogens is 2. The second-order valence-corrected chi connectivity index (χ2v) is 9.55. The third-order valence-electron chi connectivity index (χ3n) is 5.69. The number of rotatable bonds is 6. The lowest BCUT2D eigenvalue weighted by Gasteiger charge is -2.15. The number of imidazole rings is 1. The van der Waals surface area contributed by atoms with Crippen LogP contribution in [-0.2, 0) is 24.1 Å². The lowest BCUT2D eigenvalue weighted by Crippen LogP contribution is -2.19. The molecule has 0 atom stereocenters. The zero-order valence-corrected chi connectivity index (χ0v) is 19.9. The normalized spacial score (nSPS) is 11.5. The van der Waals surface area contributed by atoms with E-state index in [2.05, 4.69) is 4.72 Å². The number of anilines is 1. The number of nitrogens with zero attached hydrogens (tertiary/aromatic N) is 2. The summed E-state index contributed by atoms with van der Waals surface area (Å²) in [6.07, 6.45) is 0. The number of methoxy groups -OCH3 is 1. The van der Waals surface area contributed by atoms with Crippen LogP contribution < -0.4 is 19.9 Å². The third-order valence-corrected chi connectivity index (χ3v) is 7.06. The van der Waals surface area contributed by atoms with Gasteiger partial charge >= 0.3 is 5.69 Å². The standard InChI is InChI=1S/C24H25N3O5S/c1-15-6-11-19(12-16(15)2)33(29,30)25-20-13-21-22(27(4)24(28)26(21)3)14-23(20)32-18-9-7-17(31-5)8-10-18/h6-14,25H,1-5H3. The Morgan fingerprint density at radius 3 is 2.03 bits per heavy atom. The number of hydrogen-bond donors (Lipinski definition) is 1. The Balaban J connectivity index is 1.83. The summed E-state index contributed by atoms with van der Waals surface area (Å²) in [5, 5.41) is 0. The Labute approximate surface area is 192 Å². The molecule has 0 spiro atoms. The van der Waals surface area contributed by atoms with Gasteiger partial charge in [-0.05, 0) is 67.4 Å². The first kappa shape index (κ1) is 22.5. The van der Waals surface area contributed by atoms with E-state index in [-0.39, 0.29) is 22.0 Å². The van der Waals surface area contributed by atoms with Gasteiger partial charge in [-0.25, -0.2) is 13.2 Å². The quantitative estimate of drug-likeness (QED) is 0.461. The van der Waals surface area contributed by atoms with Gasteiger partial charge in [-0.2, -0.15) is 0 Å². The maximum Gasteiger partial charge on any atom is 0.328 e. The fourth-order valence-corrected chi connectivity index (χ4v) is 4.69. The molecule has 4 aromatic rings. The van der Waals surface area contributed by atoms with Crippen molar-refractivity contribution in [2.75, 3.05) is 11.8 Å². The minimum atomic E-state index is -3.91. The number of ether oxygens (including phenoxy) is 2. The zero-order valence-electron chi connectivity index (χ0n) is 19.0. The van der Waals surface area contributed by atoms with Gasteiger partial charge < -0.3 is 9.47 Å². The largest absolute Gasteiger partial charge is 0.497 e. The molecule has 8 nitrogen and oxygen atoms in total. The molecule has 0 unspecified atom stereocenters. The predicted molar refractivity (Wildman–Crippen MR) is 128 cm³/mol. The molecule has 0 bridgehead atoms. The first-order valence-electron chi connectivity index (χ1n) is 10.2. The molecule has 0 radical (unpaired) electrons. The van der Waals surface area contributed by atoms with Crippen molar-refractivity contribution in [1.82, 2.24) is 9.13 Å². The molecular formula is C24H25N3O5S. The number of benzene rings is 3. The van der Waals surface area contributed by atoms with Crippen LogP contribution in [0.4, 0.5) is 5.69 Å². The monoisotopic (exact) mass is 467 g/mol. The van der Waals surface area contributed by atoms with E-state index in [0.29, 0.717) is 22.5 Å². The van der Waals surface area contributed by atoms with Crippen molar-refractivity contribution >= 4 is 26.7 Å². The minimum Gasteiger partial charge on any atom is -0.497 e. The highest BCUT2D eigenvalue weighted by Gasteiger charge is 2.20. The fraction of sp³-hybridized carbons (Fsp3) is 0.208. The van der Waals surface area contributed by atoms with E-state index in [1.807, 2.05) is 13.8 Å². The summed E-state index contributed by atoms with van der Waals surface area (Å²) in [6, 6.07) is 15.1. The van der Waals surface area contributed by atoms with Crippen LogP contribution in [0, 0.1) is 13.8 Å². The highest BCUT2D eigenvalue weighted by Crippen LogP contribution is 2.35. The molecule has 172 valence electrons. The molecule has 0 aliphatic heterocycles. The van der Waals surface area contributed by atoms with Gasteiger partial charge in [0.1, 0.15) is 11.5 Å². The Morgan fingerprint density at radius 2 is 1.42 bits per heavy atom. The number of fused-ring (bicyclic) bond motifs is 1. The number of nitrogens with one attached hydrogen (secondary N) is 1. The molecule has 0 saturated carbocycles. The summed E-state index contributed by atoms with van der Waals surface area (Å²) in [7, 11) is 0.951. The van der Waals surface area contributed by atoms with E-state index in [4.69, 9.17) is 9.47 Å². The van der Waals surface area contributed by atoms with Gasteiger partial charge in [-0.3, -0.25) is 13.9 Å². The minimum absolute atomic E-state index is 0.142. The smallest absolute Gasteiger partial charge is 0.328 e. The summed E-state index contributed by atoms with van der Waals surface area (Å²) in [5.41, 5.74) is 3.04. The van der Waals surface area contributed by atoms with Crippen molar-refractivity contribution in [2.24, 2.45) is 14.1 Å². The molecule has 0 saturated heterocycles. The third kappa shape index (κ3) is 4.19.